The van der Waals surface area contributed by atoms with Crippen LogP contribution in [-0.4, -0.2) is 54.3 Å². The van der Waals surface area contributed by atoms with Gasteiger partial charge >= 0.3 is 6.03 Å². The number of amides is 3. The Morgan fingerprint density at radius 1 is 1.36 bits per heavy atom. The van der Waals surface area contributed by atoms with Crippen molar-refractivity contribution in [2.24, 2.45) is 0 Å². The molecule has 7 heteroatoms. The van der Waals surface area contributed by atoms with Crippen LogP contribution < -0.4 is 15.4 Å². The zero-order chi connectivity index (χ0) is 20.4. The summed E-state index contributed by atoms with van der Waals surface area (Å²) in [5.41, 5.74) is 1.67. The van der Waals surface area contributed by atoms with Gasteiger partial charge in [0.2, 0.25) is 6.41 Å². The van der Waals surface area contributed by atoms with Crippen LogP contribution in [0.3, 0.4) is 0 Å². The lowest BCUT2D eigenvalue weighted by Gasteiger charge is -2.23. The topological polar surface area (TPSA) is 90.9 Å². The van der Waals surface area contributed by atoms with Gasteiger partial charge < -0.3 is 25.4 Å². The van der Waals surface area contributed by atoms with Gasteiger partial charge in [-0.25, -0.2) is 4.79 Å². The van der Waals surface area contributed by atoms with Crippen molar-refractivity contribution in [3.05, 3.63) is 23.8 Å². The van der Waals surface area contributed by atoms with E-state index < -0.39 is 0 Å². The van der Waals surface area contributed by atoms with Gasteiger partial charge in [-0.2, -0.15) is 0 Å². The van der Waals surface area contributed by atoms with Crippen molar-refractivity contribution < 1.29 is 19.4 Å². The molecule has 0 aromatic heterocycles. The highest BCUT2D eigenvalue weighted by molar-refractivity contribution is 5.89. The van der Waals surface area contributed by atoms with Crippen LogP contribution in [0, 0.1) is 6.92 Å². The number of aliphatic hydroxyl groups excluding tert-OH is 1. The number of carbonyl (C=O) groups excluding carboxylic acids is 2. The molecule has 1 unspecified atom stereocenters. The largest absolute Gasteiger partial charge is 0.493 e. The number of carbonyl (C=O) groups is 2. The van der Waals surface area contributed by atoms with Crippen molar-refractivity contribution in [3.8, 4) is 5.75 Å². The zero-order valence-electron chi connectivity index (χ0n) is 16.9. The summed E-state index contributed by atoms with van der Waals surface area (Å²) >= 11 is 0. The van der Waals surface area contributed by atoms with E-state index in [4.69, 9.17) is 9.84 Å². The number of rotatable bonds is 10. The van der Waals surface area contributed by atoms with Crippen molar-refractivity contribution in [1.29, 1.82) is 0 Å². The Labute approximate surface area is 167 Å². The van der Waals surface area contributed by atoms with E-state index in [1.165, 1.54) is 19.3 Å². The molecule has 0 spiro atoms. The number of ether oxygens (including phenoxy) is 1. The fraction of sp³-hybridized carbons (Fsp3) is 0.619. The summed E-state index contributed by atoms with van der Waals surface area (Å²) in [6.45, 7) is 4.69. The molecule has 0 aliphatic heterocycles. The third-order valence-electron chi connectivity index (χ3n) is 5.16. The summed E-state index contributed by atoms with van der Waals surface area (Å²) in [6, 6.07) is 5.49. The van der Waals surface area contributed by atoms with Crippen LogP contribution in [0.5, 0.6) is 5.75 Å². The molecule has 156 valence electrons. The number of aryl methyl sites for hydroxylation is 1. The molecule has 0 saturated heterocycles. The number of hydrogen-bond acceptors (Lipinski definition) is 4. The van der Waals surface area contributed by atoms with Gasteiger partial charge in [-0.15, -0.1) is 0 Å². The van der Waals surface area contributed by atoms with Crippen molar-refractivity contribution >= 4 is 18.1 Å². The molecule has 0 radical (unpaired) electrons. The first-order valence-corrected chi connectivity index (χ1v) is 10.2. The molecule has 0 bridgehead atoms. The lowest BCUT2D eigenvalue weighted by Crippen LogP contribution is -2.39. The van der Waals surface area contributed by atoms with Crippen molar-refractivity contribution in [3.63, 3.8) is 0 Å². The van der Waals surface area contributed by atoms with Gasteiger partial charge in [0.1, 0.15) is 5.75 Å². The highest BCUT2D eigenvalue weighted by Crippen LogP contribution is 2.22. The second-order valence-electron chi connectivity index (χ2n) is 7.49. The maximum atomic E-state index is 12.2. The van der Waals surface area contributed by atoms with Crippen LogP contribution in [0.15, 0.2) is 18.2 Å². The molecule has 1 saturated carbocycles. The Morgan fingerprint density at radius 3 is 2.75 bits per heavy atom. The molecule has 1 aromatic rings. The van der Waals surface area contributed by atoms with E-state index in [9.17, 15) is 9.59 Å². The van der Waals surface area contributed by atoms with Gasteiger partial charge in [0, 0.05) is 18.3 Å². The van der Waals surface area contributed by atoms with E-state index in [-0.39, 0.29) is 24.7 Å². The number of hydrogen-bond donors (Lipinski definition) is 3. The summed E-state index contributed by atoms with van der Waals surface area (Å²) in [5, 5.41) is 15.1. The van der Waals surface area contributed by atoms with Crippen LogP contribution in [0.4, 0.5) is 10.5 Å². The van der Waals surface area contributed by atoms with Crippen LogP contribution in [0.2, 0.25) is 0 Å². The molecule has 3 N–H and O–H groups in total. The Balaban J connectivity index is 1.76. The lowest BCUT2D eigenvalue weighted by molar-refractivity contribution is -0.120. The van der Waals surface area contributed by atoms with E-state index in [0.29, 0.717) is 19.6 Å². The number of anilines is 1. The zero-order valence-corrected chi connectivity index (χ0v) is 16.9. The van der Waals surface area contributed by atoms with E-state index in [1.807, 2.05) is 25.1 Å². The first-order valence-electron chi connectivity index (χ1n) is 10.2. The highest BCUT2D eigenvalue weighted by atomic mass is 16.5. The third kappa shape index (κ3) is 7.03. The second-order valence-corrected chi connectivity index (χ2v) is 7.49. The maximum Gasteiger partial charge on any atom is 0.319 e. The fourth-order valence-electron chi connectivity index (χ4n) is 3.40. The molecule has 28 heavy (non-hydrogen) atoms. The summed E-state index contributed by atoms with van der Waals surface area (Å²) < 4.78 is 5.79. The van der Waals surface area contributed by atoms with Gasteiger partial charge in [-0.3, -0.25) is 4.79 Å². The van der Waals surface area contributed by atoms with E-state index in [0.717, 1.165) is 36.3 Å². The molecule has 1 aliphatic rings. The van der Waals surface area contributed by atoms with E-state index in [1.54, 1.807) is 11.8 Å². The first-order chi connectivity index (χ1) is 13.5. The van der Waals surface area contributed by atoms with Gasteiger partial charge in [-0.1, -0.05) is 19.3 Å². The Kier molecular flexibility index (Phi) is 9.07. The average molecular weight is 392 g/mol. The average Bonchev–Trinajstić information content (AvgIpc) is 2.69. The van der Waals surface area contributed by atoms with E-state index >= 15 is 0 Å². The molecular formula is C21H33N3O4. The Bertz CT molecular complexity index is 632. The maximum absolute atomic E-state index is 12.2. The predicted molar refractivity (Wildman–Crippen MR) is 110 cm³/mol. The number of urea groups is 1. The second kappa shape index (κ2) is 11.5. The monoisotopic (exact) mass is 391 g/mol. The van der Waals surface area contributed by atoms with Crippen LogP contribution >= 0.6 is 0 Å². The van der Waals surface area contributed by atoms with E-state index in [2.05, 4.69) is 10.6 Å². The number of aliphatic hydroxyl groups is 1. The fourth-order valence-corrected chi connectivity index (χ4v) is 3.40. The lowest BCUT2D eigenvalue weighted by atomic mass is 9.96. The minimum Gasteiger partial charge on any atom is -0.493 e. The summed E-state index contributed by atoms with van der Waals surface area (Å²) in [6.07, 6.45) is 7.15. The van der Waals surface area contributed by atoms with Crippen molar-refractivity contribution in [1.82, 2.24) is 10.2 Å². The quantitative estimate of drug-likeness (QED) is 0.422. The molecule has 1 aliphatic carbocycles. The molecule has 2 rings (SSSR count). The SMILES string of the molecule is Cc1cc(NC(=O)NC2CCCCC2)ccc1OCCCN(C=O)C(C)CO. The van der Waals surface area contributed by atoms with Gasteiger partial charge in [-0.05, 0) is 56.9 Å². The normalized spacial score (nSPS) is 15.5. The molecule has 1 fully saturated rings. The third-order valence-corrected chi connectivity index (χ3v) is 5.16. The summed E-state index contributed by atoms with van der Waals surface area (Å²) in [7, 11) is 0. The Hall–Kier alpha value is -2.28. The standard InChI is InChI=1S/C21H33N3O4/c1-16-13-19(23-21(27)22-18-7-4-3-5-8-18)9-10-20(16)28-12-6-11-24(15-26)17(2)14-25/h9-10,13,15,17-18,25H,3-8,11-12,14H2,1-2H3,(H2,22,23,27). The minimum atomic E-state index is -0.190. The van der Waals surface area contributed by atoms with Crippen LogP contribution in [-0.2, 0) is 4.79 Å². The van der Waals surface area contributed by atoms with Gasteiger partial charge in [0.25, 0.3) is 0 Å². The molecule has 7 nitrogen and oxygen atoms in total. The highest BCUT2D eigenvalue weighted by Gasteiger charge is 2.16. The number of nitrogens with one attached hydrogen (secondary N) is 2. The molecule has 3 amide bonds. The van der Waals surface area contributed by atoms with Gasteiger partial charge in [0.15, 0.2) is 0 Å². The Morgan fingerprint density at radius 2 is 2.11 bits per heavy atom. The number of nitrogens with zero attached hydrogens (tertiary/aromatic N) is 1. The minimum absolute atomic E-state index is 0.0541. The first kappa shape index (κ1) is 22.0. The number of benzene rings is 1. The van der Waals surface area contributed by atoms with Crippen molar-refractivity contribution in [2.75, 3.05) is 25.1 Å². The van der Waals surface area contributed by atoms with Crippen LogP contribution in [0.1, 0.15) is 51.0 Å². The molecular weight excluding hydrogens is 358 g/mol. The summed E-state index contributed by atoms with van der Waals surface area (Å²) in [5.74, 6) is 0.756. The molecule has 1 aromatic carbocycles. The smallest absolute Gasteiger partial charge is 0.319 e. The van der Waals surface area contributed by atoms with Crippen LogP contribution in [0.25, 0.3) is 0 Å². The van der Waals surface area contributed by atoms with Crippen molar-refractivity contribution in [2.45, 2.75) is 64.5 Å². The molecule has 1 atom stereocenters. The molecule has 0 heterocycles. The van der Waals surface area contributed by atoms with Gasteiger partial charge in [0.05, 0.1) is 19.3 Å². The summed E-state index contributed by atoms with van der Waals surface area (Å²) in [4.78, 5) is 24.7. The predicted octanol–water partition coefficient (Wildman–Crippen LogP) is 3.06.